The molecule has 7 fully saturated rings. The Balaban J connectivity index is 1.08. The number of esters is 2. The van der Waals surface area contributed by atoms with Crippen molar-refractivity contribution < 1.29 is 108 Å². The molecular formula is C58H90O22. The van der Waals surface area contributed by atoms with Gasteiger partial charge in [-0.15, -0.1) is 0 Å². The average Bonchev–Trinajstić information content (AvgIpc) is 3.41. The average molecular weight is 1140 g/mol. The van der Waals surface area contributed by atoms with Crippen molar-refractivity contribution in [2.75, 3.05) is 26.4 Å². The van der Waals surface area contributed by atoms with Gasteiger partial charge in [-0.2, -0.15) is 0 Å². The first-order chi connectivity index (χ1) is 37.5. The molecule has 5 aliphatic carbocycles. The standard InChI is InChI=1S/C58H90O22/c1-10-28(2)13-11-12-14-38(64)78-47-48(74-29(3)62)58(52(71)72)22-21-56(8)30(31(58)23-53(47,4)5)15-16-36-54(6)19-18-37(55(7,27-61)35(54)17-20-57(36,56)9)77-51-46(80-50-43(69)41(67)40(66)33(24-59)75-50)44(70)45(34(25-60)76-51)79-49-42(68)39(65)32(63)26-73-49/h11-15,28,31-37,39-51,59-61,63,65-70H,10,16-27H2,1-9H3,(H,71,72)/b13-11+,14-12-/t28-,31+,32+,33-,34-,35-,36-,37+,39+,40-,41+,42-,43-,44+,45-,46-,47+,48+,49+,50+,51+,54+,55-,56-,57-,58+/m1/s1. The third kappa shape index (κ3) is 10.7. The van der Waals surface area contributed by atoms with E-state index < -0.39 is 180 Å². The minimum atomic E-state index is -1.93. The van der Waals surface area contributed by atoms with Crippen molar-refractivity contribution >= 4 is 17.9 Å². The number of aliphatic hydroxyl groups is 10. The second-order valence-electron chi connectivity index (χ2n) is 26.1. The quantitative estimate of drug-likeness (QED) is 0.0343. The van der Waals surface area contributed by atoms with E-state index >= 15 is 0 Å². The molecule has 0 bridgehead atoms. The fourth-order valence-electron chi connectivity index (χ4n) is 16.2. The maximum absolute atomic E-state index is 14.1. The minimum Gasteiger partial charge on any atom is -0.481 e. The number of aliphatic hydroxyl groups excluding tert-OH is 10. The molecule has 0 amide bonds. The zero-order valence-corrected chi connectivity index (χ0v) is 47.6. The van der Waals surface area contributed by atoms with Gasteiger partial charge >= 0.3 is 17.9 Å². The van der Waals surface area contributed by atoms with Crippen LogP contribution in [0.25, 0.3) is 0 Å². The Morgan fingerprint density at radius 2 is 1.39 bits per heavy atom. The van der Waals surface area contributed by atoms with Crippen LogP contribution in [0.3, 0.4) is 0 Å². The van der Waals surface area contributed by atoms with E-state index in [0.717, 1.165) is 12.0 Å². The molecule has 8 aliphatic rings. The molecule has 11 N–H and O–H groups in total. The van der Waals surface area contributed by atoms with Crippen LogP contribution in [0.4, 0.5) is 0 Å². The van der Waals surface area contributed by atoms with Crippen LogP contribution in [0.5, 0.6) is 0 Å². The van der Waals surface area contributed by atoms with Crippen LogP contribution in [0.1, 0.15) is 120 Å². The van der Waals surface area contributed by atoms with Gasteiger partial charge in [0.05, 0.1) is 32.5 Å². The molecule has 0 aromatic carbocycles. The van der Waals surface area contributed by atoms with E-state index in [0.29, 0.717) is 50.9 Å². The number of ether oxygens (including phenoxy) is 8. The highest BCUT2D eigenvalue weighted by atomic mass is 16.8. The highest BCUT2D eigenvalue weighted by molar-refractivity contribution is 5.83. The normalized spacial score (nSPS) is 48.7. The van der Waals surface area contributed by atoms with Crippen molar-refractivity contribution in [3.05, 3.63) is 36.0 Å². The van der Waals surface area contributed by atoms with Gasteiger partial charge in [0.25, 0.3) is 0 Å². The fourth-order valence-corrected chi connectivity index (χ4v) is 16.2. The van der Waals surface area contributed by atoms with E-state index in [-0.39, 0.29) is 24.9 Å². The number of hydrogen-bond donors (Lipinski definition) is 11. The number of carbonyl (C=O) groups is 3. The van der Waals surface area contributed by atoms with E-state index in [2.05, 4.69) is 40.7 Å². The molecule has 3 heterocycles. The second-order valence-corrected chi connectivity index (χ2v) is 26.1. The first-order valence-corrected chi connectivity index (χ1v) is 28.7. The van der Waals surface area contributed by atoms with Crippen molar-refractivity contribution in [1.29, 1.82) is 0 Å². The summed E-state index contributed by atoms with van der Waals surface area (Å²) < 4.78 is 48.8. The molecule has 0 unspecified atom stereocenters. The van der Waals surface area contributed by atoms with Gasteiger partial charge in [-0.3, -0.25) is 9.59 Å². The first-order valence-electron chi connectivity index (χ1n) is 28.7. The van der Waals surface area contributed by atoms with Crippen molar-refractivity contribution in [1.82, 2.24) is 0 Å². The lowest BCUT2D eigenvalue weighted by Gasteiger charge is -2.71. The van der Waals surface area contributed by atoms with Crippen LogP contribution < -0.4 is 0 Å². The van der Waals surface area contributed by atoms with E-state index in [4.69, 9.17) is 37.9 Å². The lowest BCUT2D eigenvalue weighted by molar-refractivity contribution is -0.393. The smallest absolute Gasteiger partial charge is 0.331 e. The van der Waals surface area contributed by atoms with Crippen LogP contribution >= 0.6 is 0 Å². The Hall–Kier alpha value is -3.01. The number of allylic oxidation sites excluding steroid dienone is 5. The molecule has 3 aliphatic heterocycles. The van der Waals surface area contributed by atoms with Crippen molar-refractivity contribution in [2.24, 2.45) is 56.2 Å². The Morgan fingerprint density at radius 3 is 2.02 bits per heavy atom. The maximum Gasteiger partial charge on any atom is 0.331 e. The van der Waals surface area contributed by atoms with Gasteiger partial charge in [0.15, 0.2) is 25.0 Å². The van der Waals surface area contributed by atoms with Crippen LogP contribution in [-0.4, -0.2) is 205 Å². The van der Waals surface area contributed by atoms with Crippen LogP contribution in [0.15, 0.2) is 36.0 Å². The highest BCUT2D eigenvalue weighted by Crippen LogP contribution is 2.76. The number of carboxylic acid groups (broad SMARTS) is 1. The van der Waals surface area contributed by atoms with Gasteiger partial charge in [0.1, 0.15) is 78.7 Å². The third-order valence-electron chi connectivity index (χ3n) is 21.3. The summed E-state index contributed by atoms with van der Waals surface area (Å²) in [6.45, 7) is 15.5. The number of hydrogen-bond acceptors (Lipinski definition) is 21. The number of carbonyl (C=O) groups excluding carboxylic acids is 2. The molecule has 454 valence electrons. The summed E-state index contributed by atoms with van der Waals surface area (Å²) in [5, 5.41) is 120. The third-order valence-corrected chi connectivity index (χ3v) is 21.3. The summed E-state index contributed by atoms with van der Waals surface area (Å²) in [4.78, 5) is 40.7. The van der Waals surface area contributed by atoms with Crippen molar-refractivity contribution in [3.8, 4) is 0 Å². The maximum atomic E-state index is 14.1. The van der Waals surface area contributed by atoms with Gasteiger partial charge in [-0.25, -0.2) is 4.79 Å². The molecule has 8 rings (SSSR count). The van der Waals surface area contributed by atoms with Gasteiger partial charge in [-0.1, -0.05) is 91.7 Å². The van der Waals surface area contributed by atoms with E-state index in [1.807, 2.05) is 26.8 Å². The predicted octanol–water partition coefficient (Wildman–Crippen LogP) is 1.54. The largest absolute Gasteiger partial charge is 0.481 e. The van der Waals surface area contributed by atoms with E-state index in [1.165, 1.54) is 13.0 Å². The summed E-state index contributed by atoms with van der Waals surface area (Å²) in [6, 6.07) is 0. The molecule has 3 saturated heterocycles. The molecule has 22 nitrogen and oxygen atoms in total. The van der Waals surface area contributed by atoms with Gasteiger partial charge < -0.3 is 94.1 Å². The van der Waals surface area contributed by atoms with Crippen LogP contribution in [-0.2, 0) is 52.3 Å². The number of rotatable bonds is 16. The van der Waals surface area contributed by atoms with Gasteiger partial charge in [0, 0.05) is 29.7 Å². The molecule has 80 heavy (non-hydrogen) atoms. The van der Waals surface area contributed by atoms with Crippen LogP contribution in [0, 0.1) is 56.2 Å². The topological polar surface area (TPSA) is 348 Å². The predicted molar refractivity (Wildman–Crippen MR) is 280 cm³/mol. The van der Waals surface area contributed by atoms with Gasteiger partial charge in [-0.05, 0) is 85.4 Å². The number of carboxylic acids is 1. The van der Waals surface area contributed by atoms with E-state index in [9.17, 15) is 70.6 Å². The van der Waals surface area contributed by atoms with Crippen molar-refractivity contribution in [3.63, 3.8) is 0 Å². The lowest BCUT2D eigenvalue weighted by atomic mass is 9.33. The van der Waals surface area contributed by atoms with Gasteiger partial charge in [0.2, 0.25) is 0 Å². The zero-order valence-electron chi connectivity index (χ0n) is 47.6. The number of aliphatic carboxylic acids is 1. The van der Waals surface area contributed by atoms with Crippen molar-refractivity contribution in [2.45, 2.75) is 224 Å². The summed E-state index contributed by atoms with van der Waals surface area (Å²) in [6.07, 6.45) is -13.4. The Morgan fingerprint density at radius 1 is 0.725 bits per heavy atom. The fraction of sp³-hybridized carbons (Fsp3) is 0.845. The molecule has 0 aromatic heterocycles. The molecular weight excluding hydrogens is 1050 g/mol. The molecule has 0 aromatic rings. The molecule has 0 radical (unpaired) electrons. The van der Waals surface area contributed by atoms with Crippen LogP contribution in [0.2, 0.25) is 0 Å². The lowest BCUT2D eigenvalue weighted by Crippen LogP contribution is -2.70. The van der Waals surface area contributed by atoms with E-state index in [1.54, 1.807) is 12.2 Å². The molecule has 4 saturated carbocycles. The summed E-state index contributed by atoms with van der Waals surface area (Å²) >= 11 is 0. The number of fused-ring (bicyclic) bond motifs is 7. The summed E-state index contributed by atoms with van der Waals surface area (Å²) in [5.74, 6) is -2.96. The summed E-state index contributed by atoms with van der Waals surface area (Å²) in [7, 11) is 0. The molecule has 0 spiro atoms. The zero-order chi connectivity index (χ0) is 58.8. The summed E-state index contributed by atoms with van der Waals surface area (Å²) in [5.41, 5.74) is -3.89. The Bertz CT molecular complexity index is 2310. The second kappa shape index (κ2) is 23.8. The molecule has 26 atom stereocenters. The molecule has 22 heteroatoms. The Kier molecular flexibility index (Phi) is 18.8. The SMILES string of the molecule is CC[C@@H](C)/C=C/C=C\C(=O)O[C@H]1[C@H](OC(C)=O)[C@]2(C(=O)O)CC[C@]3(C)C(=CC[C@@H]4[C@@]5(C)CC[C@H](O[C@@H]6O[C@H](CO)[C@@H](O[C@@H]7OC[C@H](O)[C@H](O)[C@H]7O)[C@H](O)[C@H]6O[C@@H]6O[C@H](CO)[C@@H](O)[C@H](O)[C@H]6O)[C@](C)(CO)[C@@H]5CC[C@]43C)[C@@H]2CC1(C)C. The first kappa shape index (κ1) is 63.0. The monoisotopic (exact) mass is 1140 g/mol. The minimum absolute atomic E-state index is 0.00561. The highest BCUT2D eigenvalue weighted by Gasteiger charge is 2.74. The Labute approximate surface area is 468 Å².